The summed E-state index contributed by atoms with van der Waals surface area (Å²) in [5.74, 6) is 0.222. The molecule has 1 aliphatic rings. The molecule has 0 spiro atoms. The molecule has 1 fully saturated rings. The summed E-state index contributed by atoms with van der Waals surface area (Å²) in [5, 5.41) is 0.455. The predicted molar refractivity (Wildman–Crippen MR) is 53.4 cm³/mol. The van der Waals surface area contributed by atoms with Crippen molar-refractivity contribution >= 4 is 21.8 Å². The zero-order valence-electron chi connectivity index (χ0n) is 7.77. The lowest BCUT2D eigenvalue weighted by molar-refractivity contribution is -0.135. The normalized spacial score (nSPS) is 22.4. The molecule has 0 aliphatic carbocycles. The Balaban J connectivity index is 2.66. The molecule has 1 amide bonds. The van der Waals surface area contributed by atoms with Crippen LogP contribution in [0.4, 0.5) is 0 Å². The third-order valence-electron chi connectivity index (χ3n) is 2.57. The lowest BCUT2D eigenvalue weighted by atomic mass is 9.90. The summed E-state index contributed by atoms with van der Waals surface area (Å²) in [4.78, 5) is 13.5. The van der Waals surface area contributed by atoms with Gasteiger partial charge in [-0.3, -0.25) is 4.79 Å². The molecule has 1 saturated heterocycles. The van der Waals surface area contributed by atoms with Gasteiger partial charge in [-0.15, -0.1) is 0 Å². The number of piperidine rings is 1. The van der Waals surface area contributed by atoms with Gasteiger partial charge >= 0.3 is 0 Å². The van der Waals surface area contributed by atoms with Gasteiger partial charge in [-0.05, 0) is 33.1 Å². The Morgan fingerprint density at radius 1 is 1.50 bits per heavy atom. The van der Waals surface area contributed by atoms with Crippen molar-refractivity contribution in [2.75, 3.05) is 11.9 Å². The van der Waals surface area contributed by atoms with Crippen LogP contribution < -0.4 is 0 Å². The first kappa shape index (κ1) is 10.0. The van der Waals surface area contributed by atoms with E-state index in [2.05, 4.69) is 29.8 Å². The summed E-state index contributed by atoms with van der Waals surface area (Å²) in [6.07, 6.45) is 3.53. The highest BCUT2D eigenvalue weighted by atomic mass is 79.9. The Morgan fingerprint density at radius 3 is 2.67 bits per heavy atom. The van der Waals surface area contributed by atoms with Crippen molar-refractivity contribution < 1.29 is 4.79 Å². The molecule has 1 rings (SSSR count). The fourth-order valence-corrected chi connectivity index (χ4v) is 2.10. The van der Waals surface area contributed by atoms with Crippen LogP contribution in [0, 0.1) is 0 Å². The van der Waals surface area contributed by atoms with Gasteiger partial charge in [-0.25, -0.2) is 0 Å². The first-order valence-electron chi connectivity index (χ1n) is 4.44. The molecular formula is C9H16BrNO. The van der Waals surface area contributed by atoms with E-state index in [4.69, 9.17) is 0 Å². The number of carbonyl (C=O) groups is 1. The molecule has 1 aliphatic heterocycles. The van der Waals surface area contributed by atoms with Crippen molar-refractivity contribution in [2.45, 2.75) is 38.6 Å². The van der Waals surface area contributed by atoms with Crippen LogP contribution in [0.2, 0.25) is 0 Å². The number of hydrogen-bond acceptors (Lipinski definition) is 1. The Kier molecular flexibility index (Phi) is 3.16. The molecular weight excluding hydrogens is 218 g/mol. The molecule has 0 aromatic heterocycles. The van der Waals surface area contributed by atoms with E-state index in [9.17, 15) is 4.79 Å². The summed E-state index contributed by atoms with van der Waals surface area (Å²) < 4.78 is 0. The smallest absolute Gasteiger partial charge is 0.233 e. The molecule has 1 heterocycles. The van der Waals surface area contributed by atoms with Crippen molar-refractivity contribution in [3.63, 3.8) is 0 Å². The van der Waals surface area contributed by atoms with Crippen molar-refractivity contribution in [2.24, 2.45) is 0 Å². The van der Waals surface area contributed by atoms with Crippen molar-refractivity contribution in [3.8, 4) is 0 Å². The maximum Gasteiger partial charge on any atom is 0.233 e. The first-order chi connectivity index (χ1) is 5.58. The molecule has 70 valence electrons. The fraction of sp³-hybridized carbons (Fsp3) is 0.889. The van der Waals surface area contributed by atoms with Gasteiger partial charge in [-0.2, -0.15) is 0 Å². The maximum atomic E-state index is 11.5. The number of amides is 1. The van der Waals surface area contributed by atoms with Crippen LogP contribution >= 0.6 is 15.9 Å². The van der Waals surface area contributed by atoms with Gasteiger partial charge in [-0.1, -0.05) is 15.9 Å². The van der Waals surface area contributed by atoms with E-state index >= 15 is 0 Å². The summed E-state index contributed by atoms with van der Waals surface area (Å²) in [6, 6.07) is 0. The Bertz CT molecular complexity index is 179. The molecule has 12 heavy (non-hydrogen) atoms. The summed E-state index contributed by atoms with van der Waals surface area (Å²) >= 11 is 3.21. The van der Waals surface area contributed by atoms with Crippen LogP contribution in [-0.2, 0) is 4.79 Å². The Labute approximate surface area is 82.4 Å². The molecule has 3 heteroatoms. The monoisotopic (exact) mass is 233 g/mol. The van der Waals surface area contributed by atoms with Crippen LogP contribution in [0.5, 0.6) is 0 Å². The highest BCUT2D eigenvalue weighted by Gasteiger charge is 2.32. The second-order valence-electron chi connectivity index (χ2n) is 3.95. The quantitative estimate of drug-likeness (QED) is 0.637. The van der Waals surface area contributed by atoms with Crippen molar-refractivity contribution in [1.82, 2.24) is 4.90 Å². The van der Waals surface area contributed by atoms with Gasteiger partial charge < -0.3 is 4.90 Å². The number of alkyl halides is 1. The Morgan fingerprint density at radius 2 is 2.17 bits per heavy atom. The highest BCUT2D eigenvalue weighted by molar-refractivity contribution is 9.09. The molecule has 0 bridgehead atoms. The van der Waals surface area contributed by atoms with E-state index in [0.29, 0.717) is 5.33 Å². The first-order valence-corrected chi connectivity index (χ1v) is 5.56. The second kappa shape index (κ2) is 3.77. The van der Waals surface area contributed by atoms with E-state index in [1.165, 1.54) is 6.42 Å². The lowest BCUT2D eigenvalue weighted by Gasteiger charge is -2.42. The molecule has 0 N–H and O–H groups in total. The SMILES string of the molecule is CC1(C)CCCCN1C(=O)CBr. The minimum absolute atomic E-state index is 0.0725. The van der Waals surface area contributed by atoms with E-state index < -0.39 is 0 Å². The van der Waals surface area contributed by atoms with Gasteiger partial charge in [0, 0.05) is 12.1 Å². The average molecular weight is 234 g/mol. The van der Waals surface area contributed by atoms with Gasteiger partial charge in [0.15, 0.2) is 0 Å². The molecule has 0 aromatic rings. The largest absolute Gasteiger partial charge is 0.337 e. The van der Waals surface area contributed by atoms with Crippen LogP contribution in [0.3, 0.4) is 0 Å². The standard InChI is InChI=1S/C9H16BrNO/c1-9(2)5-3-4-6-11(9)8(12)7-10/h3-7H2,1-2H3. The van der Waals surface area contributed by atoms with Gasteiger partial charge in [0.1, 0.15) is 0 Å². The van der Waals surface area contributed by atoms with Crippen LogP contribution in [0.1, 0.15) is 33.1 Å². The van der Waals surface area contributed by atoms with Gasteiger partial charge in [0.05, 0.1) is 5.33 Å². The molecule has 0 unspecified atom stereocenters. The van der Waals surface area contributed by atoms with Gasteiger partial charge in [0.2, 0.25) is 5.91 Å². The zero-order chi connectivity index (χ0) is 9.19. The summed E-state index contributed by atoms with van der Waals surface area (Å²) in [7, 11) is 0. The van der Waals surface area contributed by atoms with Gasteiger partial charge in [0.25, 0.3) is 0 Å². The zero-order valence-corrected chi connectivity index (χ0v) is 9.35. The molecule has 0 atom stereocenters. The maximum absolute atomic E-state index is 11.5. The van der Waals surface area contributed by atoms with E-state index in [1.54, 1.807) is 0 Å². The number of likely N-dealkylation sites (tertiary alicyclic amines) is 1. The highest BCUT2D eigenvalue weighted by Crippen LogP contribution is 2.27. The van der Waals surface area contributed by atoms with Crippen molar-refractivity contribution in [1.29, 1.82) is 0 Å². The van der Waals surface area contributed by atoms with Crippen LogP contribution in [0.25, 0.3) is 0 Å². The van der Waals surface area contributed by atoms with Crippen LogP contribution in [0.15, 0.2) is 0 Å². The van der Waals surface area contributed by atoms with E-state index in [1.807, 2.05) is 4.90 Å². The Hall–Kier alpha value is -0.0500. The predicted octanol–water partition coefficient (Wildman–Crippen LogP) is 2.17. The van der Waals surface area contributed by atoms with E-state index in [0.717, 1.165) is 19.4 Å². The van der Waals surface area contributed by atoms with E-state index in [-0.39, 0.29) is 11.4 Å². The fourth-order valence-electron chi connectivity index (χ4n) is 1.80. The summed E-state index contributed by atoms with van der Waals surface area (Å²) in [6.45, 7) is 5.22. The lowest BCUT2D eigenvalue weighted by Crippen LogP contribution is -2.51. The number of rotatable bonds is 1. The topological polar surface area (TPSA) is 20.3 Å². The number of halogens is 1. The third kappa shape index (κ3) is 2.00. The molecule has 0 radical (unpaired) electrons. The number of hydrogen-bond donors (Lipinski definition) is 0. The third-order valence-corrected chi connectivity index (χ3v) is 3.05. The molecule has 0 aromatic carbocycles. The molecule has 0 saturated carbocycles. The summed E-state index contributed by atoms with van der Waals surface area (Å²) in [5.41, 5.74) is 0.0725. The average Bonchev–Trinajstić information content (AvgIpc) is 2.02. The minimum Gasteiger partial charge on any atom is -0.337 e. The molecule has 2 nitrogen and oxygen atoms in total. The minimum atomic E-state index is 0.0725. The number of nitrogens with zero attached hydrogens (tertiary/aromatic N) is 1. The number of carbonyl (C=O) groups excluding carboxylic acids is 1. The van der Waals surface area contributed by atoms with Crippen molar-refractivity contribution in [3.05, 3.63) is 0 Å². The van der Waals surface area contributed by atoms with Crippen LogP contribution in [-0.4, -0.2) is 28.2 Å². The second-order valence-corrected chi connectivity index (χ2v) is 4.51.